The average molecular weight is 1610 g/mol. The normalized spacial score (nSPS) is 47.4. The first-order valence-corrected chi connectivity index (χ1v) is 40.6. The summed E-state index contributed by atoms with van der Waals surface area (Å²) in [6.07, 6.45) is -31.9. The molecule has 0 spiro atoms. The third kappa shape index (κ3) is 17.8. The van der Waals surface area contributed by atoms with E-state index >= 15 is 4.79 Å². The van der Waals surface area contributed by atoms with Gasteiger partial charge in [0.2, 0.25) is 6.29 Å². The van der Waals surface area contributed by atoms with E-state index in [1.807, 2.05) is 6.92 Å². The Morgan fingerprint density at radius 2 is 1.00 bits per heavy atom. The SMILES string of the molecule is C[C@@H]1O[C@@H](O[C@H]2[C@H](OC(=O)[C@]34CCC(C)(C)C[C@H]3C3=CC[C@@H]5[C@@]6(C)C[C@H](O)[C@H](O[C@@H]7O[C@H](CO)[C@@H](O)[C@H](O)[C@H]7O)[C@@](C)(C(=O)O)[C@@H]6CC[C@@]5(C)[C@]3(C)CC4)OC[C@H](OC(=O)CCCCCCCC(=O)CCCCCCCO[C@@H]3OC[C@@H](O)[C@H](O)[C@H]3O)[C@@H]2O[C@@H]2O[C@@H](CO)[C@H](O)[C@H]2O)[C@H](O)[C@H](O)[C@H]1O[C@@H]1OC[C@@H](O)[C@H](O)[C@H]1O. The molecule has 0 aromatic carbocycles. The third-order valence-corrected chi connectivity index (χ3v) is 27.9. The fourth-order valence-corrected chi connectivity index (χ4v) is 20.9. The summed E-state index contributed by atoms with van der Waals surface area (Å²) in [7, 11) is 0. The minimum absolute atomic E-state index is 0.0648. The standard InChI is InChI=1S/C78H126O34/c1-37-61(108-66-57(93)51(87)43(84)35-102-66)55(91)60(96)67(104-37)110-63-62(109-68-58(94)53(89)45(33-80)106-68)46(105-49(85)20-16-12-8-10-14-18-38(81)19-15-11-9-13-17-29-100-65-56(92)50(86)42(83)34-101-65)36-103-70(63)112-72(99)78-27-25-73(2,3)30-40(78)39-21-22-47-74(4)31-41(82)64(111-69-59(95)54(90)52(88)44(32-79)107-69)77(7,71(97)98)48(74)23-24-76(47,6)75(39,5)26-28-78/h21,37,40-48,50-70,79-80,82-84,86-96H,8-20,22-36H2,1-7H3,(H,97,98)/t37-,40-,41-,42+,43+,44+,45-,46-,47+,48+,50-,51-,52+,53-,54-,55-,56+,57+,58+,59+,60+,61-,62-,63+,64-,65+,66-,67-,68-,69-,70-,74+,75+,76+,77-,78-/m0/s1. The monoisotopic (exact) mass is 1610 g/mol. The highest BCUT2D eigenvalue weighted by molar-refractivity contribution is 5.79. The molecule has 6 aliphatic heterocycles. The van der Waals surface area contributed by atoms with Gasteiger partial charge in [0.15, 0.2) is 43.7 Å². The van der Waals surface area contributed by atoms with Crippen molar-refractivity contribution in [1.29, 1.82) is 0 Å². The molecule has 34 heteroatoms. The molecule has 17 N–H and O–H groups in total. The van der Waals surface area contributed by atoms with Crippen molar-refractivity contribution in [2.24, 2.45) is 50.2 Å². The quantitative estimate of drug-likeness (QED) is 0.0179. The predicted octanol–water partition coefficient (Wildman–Crippen LogP) is -0.584. The number of carboxylic acids is 1. The number of aliphatic carboxylic acids is 1. The zero-order valence-corrected chi connectivity index (χ0v) is 65.3. The van der Waals surface area contributed by atoms with E-state index in [-0.39, 0.29) is 43.0 Å². The molecule has 4 saturated carbocycles. The fourth-order valence-electron chi connectivity index (χ4n) is 20.9. The maximum absolute atomic E-state index is 16.2. The van der Waals surface area contributed by atoms with Crippen molar-refractivity contribution in [2.45, 2.75) is 362 Å². The molecule has 0 unspecified atom stereocenters. The summed E-state index contributed by atoms with van der Waals surface area (Å²) in [4.78, 5) is 57.1. The van der Waals surface area contributed by atoms with E-state index in [9.17, 15) is 101 Å². The summed E-state index contributed by atoms with van der Waals surface area (Å²) in [6, 6.07) is 0. The first-order valence-electron chi connectivity index (χ1n) is 40.6. The van der Waals surface area contributed by atoms with Gasteiger partial charge in [0, 0.05) is 25.9 Å². The Bertz CT molecular complexity index is 3170. The molecule has 6 saturated heterocycles. The Hall–Kier alpha value is -3.26. The highest BCUT2D eigenvalue weighted by Gasteiger charge is 2.73. The number of esters is 2. The van der Waals surface area contributed by atoms with Gasteiger partial charge in [-0.3, -0.25) is 19.2 Å². The average Bonchev–Trinajstić information content (AvgIpc) is 0.819. The van der Waals surface area contributed by atoms with Crippen LogP contribution in [0.2, 0.25) is 0 Å². The summed E-state index contributed by atoms with van der Waals surface area (Å²) in [6.45, 7) is 11.3. The van der Waals surface area contributed by atoms with Crippen molar-refractivity contribution in [3.05, 3.63) is 11.6 Å². The number of carbonyl (C=O) groups is 4. The molecule has 11 rings (SSSR count). The number of carbonyl (C=O) groups excluding carboxylic acids is 3. The largest absolute Gasteiger partial charge is 0.481 e. The maximum Gasteiger partial charge on any atom is 0.315 e. The summed E-state index contributed by atoms with van der Waals surface area (Å²) in [5.74, 6) is -3.94. The zero-order chi connectivity index (χ0) is 81.5. The molecule has 0 radical (unpaired) electrons. The number of unbranched alkanes of at least 4 members (excludes halogenated alkanes) is 8. The van der Waals surface area contributed by atoms with Gasteiger partial charge in [0.1, 0.15) is 116 Å². The molecular weight excluding hydrogens is 1480 g/mol. The van der Waals surface area contributed by atoms with Crippen LogP contribution in [0.25, 0.3) is 0 Å². The van der Waals surface area contributed by atoms with Gasteiger partial charge in [-0.05, 0) is 137 Å². The summed E-state index contributed by atoms with van der Waals surface area (Å²) < 4.78 is 78.8. The number of hydrogen-bond acceptors (Lipinski definition) is 33. The summed E-state index contributed by atoms with van der Waals surface area (Å²) >= 11 is 0. The molecule has 10 fully saturated rings. The van der Waals surface area contributed by atoms with E-state index in [1.165, 1.54) is 13.8 Å². The first kappa shape index (κ1) is 89.5. The van der Waals surface area contributed by atoms with Crippen LogP contribution in [0.3, 0.4) is 0 Å². The predicted molar refractivity (Wildman–Crippen MR) is 382 cm³/mol. The Labute approximate surface area is 652 Å². The number of carboxylic acid groups (broad SMARTS) is 1. The van der Waals surface area contributed by atoms with Crippen molar-refractivity contribution in [1.82, 2.24) is 0 Å². The van der Waals surface area contributed by atoms with Gasteiger partial charge in [0.25, 0.3) is 0 Å². The number of hydrogen-bond donors (Lipinski definition) is 17. The summed E-state index contributed by atoms with van der Waals surface area (Å²) in [5, 5.41) is 184. The lowest BCUT2D eigenvalue weighted by Crippen LogP contribution is -2.70. The van der Waals surface area contributed by atoms with Crippen molar-refractivity contribution in [3.63, 3.8) is 0 Å². The molecule has 6 heterocycles. The topological polar surface area (TPSA) is 532 Å². The van der Waals surface area contributed by atoms with Gasteiger partial charge in [-0.25, -0.2) is 0 Å². The van der Waals surface area contributed by atoms with Crippen LogP contribution in [0.15, 0.2) is 11.6 Å². The minimum atomic E-state index is -2.06. The zero-order valence-electron chi connectivity index (χ0n) is 65.3. The second kappa shape index (κ2) is 36.8. The highest BCUT2D eigenvalue weighted by atomic mass is 16.8. The molecule has 642 valence electrons. The van der Waals surface area contributed by atoms with Crippen molar-refractivity contribution >= 4 is 23.7 Å². The van der Waals surface area contributed by atoms with Gasteiger partial charge < -0.3 is 148 Å². The molecular formula is C78H126O34. The van der Waals surface area contributed by atoms with Gasteiger partial charge in [-0.1, -0.05) is 84.8 Å². The number of fused-ring (bicyclic) bond motifs is 7. The van der Waals surface area contributed by atoms with E-state index < -0.39 is 255 Å². The number of ketones is 1. The lowest BCUT2D eigenvalue weighted by molar-refractivity contribution is -0.377. The van der Waals surface area contributed by atoms with E-state index in [0.29, 0.717) is 103 Å². The molecule has 5 aliphatic carbocycles. The number of rotatable bonds is 31. The Morgan fingerprint density at radius 1 is 0.482 bits per heavy atom. The van der Waals surface area contributed by atoms with Crippen LogP contribution in [0.4, 0.5) is 0 Å². The molecule has 36 atom stereocenters. The molecule has 0 bridgehead atoms. The van der Waals surface area contributed by atoms with Gasteiger partial charge in [-0.2, -0.15) is 0 Å². The van der Waals surface area contributed by atoms with E-state index in [0.717, 1.165) is 31.3 Å². The number of Topliss-reactive ketones (excluding diaryl/α,β-unsaturated/α-hetero) is 1. The number of allylic oxidation sites excluding steroid dienone is 2. The first-order chi connectivity index (χ1) is 52.9. The Morgan fingerprint density at radius 3 is 1.63 bits per heavy atom. The second-order valence-electron chi connectivity index (χ2n) is 35.5. The molecule has 0 aromatic heterocycles. The lowest BCUT2D eigenvalue weighted by atomic mass is 9.33. The van der Waals surface area contributed by atoms with Gasteiger partial charge in [0.05, 0.1) is 56.1 Å². The molecule has 34 nitrogen and oxygen atoms in total. The van der Waals surface area contributed by atoms with Gasteiger partial charge in [-0.15, -0.1) is 0 Å². The van der Waals surface area contributed by atoms with E-state index in [2.05, 4.69) is 33.8 Å². The van der Waals surface area contributed by atoms with Crippen LogP contribution in [-0.2, 0) is 80.8 Å². The second-order valence-corrected chi connectivity index (χ2v) is 35.5. The van der Waals surface area contributed by atoms with Crippen molar-refractivity contribution in [3.8, 4) is 0 Å². The van der Waals surface area contributed by atoms with E-state index in [4.69, 9.17) is 61.6 Å². The smallest absolute Gasteiger partial charge is 0.315 e. The molecule has 0 amide bonds. The van der Waals surface area contributed by atoms with Gasteiger partial charge >= 0.3 is 17.9 Å². The van der Waals surface area contributed by atoms with Crippen LogP contribution in [-0.4, -0.2) is 322 Å². The maximum atomic E-state index is 16.2. The number of ether oxygens (including phenoxy) is 13. The fraction of sp³-hybridized carbons (Fsp3) is 0.923. The molecule has 0 aromatic rings. The summed E-state index contributed by atoms with van der Waals surface area (Å²) in [5.41, 5.74) is -4.51. The van der Waals surface area contributed by atoms with Crippen LogP contribution in [0, 0.1) is 50.2 Å². The third-order valence-electron chi connectivity index (χ3n) is 27.9. The van der Waals surface area contributed by atoms with Crippen LogP contribution >= 0.6 is 0 Å². The van der Waals surface area contributed by atoms with Crippen LogP contribution < -0.4 is 0 Å². The minimum Gasteiger partial charge on any atom is -0.481 e. The Balaban J connectivity index is 0.798. The Kier molecular flexibility index (Phi) is 29.4. The van der Waals surface area contributed by atoms with Crippen LogP contribution in [0.5, 0.6) is 0 Å². The van der Waals surface area contributed by atoms with Crippen LogP contribution in [0.1, 0.15) is 190 Å². The highest BCUT2D eigenvalue weighted by Crippen LogP contribution is 2.76. The van der Waals surface area contributed by atoms with E-state index in [1.54, 1.807) is 0 Å². The molecule has 11 aliphatic rings. The number of aliphatic hydroxyl groups excluding tert-OH is 16. The number of aliphatic hydroxyl groups is 16. The molecule has 112 heavy (non-hydrogen) atoms. The van der Waals surface area contributed by atoms with Crippen molar-refractivity contribution in [2.75, 3.05) is 39.6 Å². The lowest BCUT2D eigenvalue weighted by Gasteiger charge is -2.71. The van der Waals surface area contributed by atoms with Crippen molar-refractivity contribution < 1.29 is 168 Å².